The van der Waals surface area contributed by atoms with Gasteiger partial charge in [0.05, 0.1) is 11.9 Å². The van der Waals surface area contributed by atoms with Gasteiger partial charge >= 0.3 is 0 Å². The molecule has 1 aliphatic carbocycles. The van der Waals surface area contributed by atoms with E-state index in [0.717, 1.165) is 30.5 Å². The summed E-state index contributed by atoms with van der Waals surface area (Å²) in [5.74, 6) is 0.157. The monoisotopic (exact) mass is 243 g/mol. The Morgan fingerprint density at radius 1 is 1.56 bits per heavy atom. The minimum atomic E-state index is -2.92. The molecule has 1 atom stereocenters. The van der Waals surface area contributed by atoms with E-state index in [9.17, 15) is 13.5 Å². The molecule has 0 aliphatic heterocycles. The second-order valence-electron chi connectivity index (χ2n) is 4.45. The number of hydrogen-bond donors (Lipinski definition) is 1. The van der Waals surface area contributed by atoms with Gasteiger partial charge < -0.3 is 9.67 Å². The first kappa shape index (κ1) is 11.7. The number of aryl methyl sites for hydroxylation is 1. The van der Waals surface area contributed by atoms with Crippen LogP contribution >= 0.6 is 0 Å². The summed E-state index contributed by atoms with van der Waals surface area (Å²) in [6.07, 6.45) is 5.47. The van der Waals surface area contributed by atoms with Crippen molar-refractivity contribution in [1.29, 1.82) is 0 Å². The highest BCUT2D eigenvalue weighted by molar-refractivity contribution is 7.90. The zero-order valence-corrected chi connectivity index (χ0v) is 10.2. The first-order valence-electron chi connectivity index (χ1n) is 5.51. The van der Waals surface area contributed by atoms with Crippen LogP contribution in [0.3, 0.4) is 0 Å². The van der Waals surface area contributed by atoms with Crippen LogP contribution in [-0.4, -0.2) is 30.1 Å². The molecule has 1 heterocycles. The van der Waals surface area contributed by atoms with Gasteiger partial charge in [-0.25, -0.2) is 8.42 Å². The number of sulfone groups is 1. The van der Waals surface area contributed by atoms with E-state index in [1.54, 1.807) is 0 Å². The summed E-state index contributed by atoms with van der Waals surface area (Å²) in [6, 6.07) is 1.90. The van der Waals surface area contributed by atoms with Gasteiger partial charge in [0.15, 0.2) is 0 Å². The van der Waals surface area contributed by atoms with E-state index < -0.39 is 9.84 Å². The lowest BCUT2D eigenvalue weighted by Crippen LogP contribution is -2.16. The lowest BCUT2D eigenvalue weighted by atomic mass is 9.95. The molecule has 90 valence electrons. The highest BCUT2D eigenvalue weighted by Crippen LogP contribution is 2.30. The molecule has 0 saturated heterocycles. The molecule has 1 aliphatic rings. The van der Waals surface area contributed by atoms with E-state index in [1.165, 1.54) is 6.26 Å². The maximum absolute atomic E-state index is 11.1. The molecule has 0 bridgehead atoms. The predicted molar refractivity (Wildman–Crippen MR) is 62.0 cm³/mol. The molecule has 5 heteroatoms. The van der Waals surface area contributed by atoms with E-state index in [1.807, 2.05) is 16.8 Å². The fourth-order valence-electron chi connectivity index (χ4n) is 2.21. The zero-order valence-electron chi connectivity index (χ0n) is 9.39. The van der Waals surface area contributed by atoms with Gasteiger partial charge in [-0.2, -0.15) is 0 Å². The van der Waals surface area contributed by atoms with Gasteiger partial charge in [-0.15, -0.1) is 0 Å². The molecule has 0 spiro atoms. The van der Waals surface area contributed by atoms with Crippen molar-refractivity contribution in [3.05, 3.63) is 23.5 Å². The fraction of sp³-hybridized carbons (Fsp3) is 0.636. The Kier molecular flexibility index (Phi) is 3.08. The van der Waals surface area contributed by atoms with Crippen LogP contribution < -0.4 is 0 Å². The summed E-state index contributed by atoms with van der Waals surface area (Å²) in [6.45, 7) is 0.487. The lowest BCUT2D eigenvalue weighted by Gasteiger charge is -2.20. The summed E-state index contributed by atoms with van der Waals surface area (Å²) in [5.41, 5.74) is 2.07. The molecule has 1 N–H and O–H groups in total. The van der Waals surface area contributed by atoms with Gasteiger partial charge in [0.2, 0.25) is 0 Å². The molecule has 2 rings (SSSR count). The van der Waals surface area contributed by atoms with Gasteiger partial charge in [-0.05, 0) is 25.3 Å². The van der Waals surface area contributed by atoms with E-state index in [4.69, 9.17) is 0 Å². The minimum Gasteiger partial charge on any atom is -0.388 e. The number of rotatable bonds is 3. The molecular formula is C11H17NO3S. The Labute approximate surface area is 95.8 Å². The summed E-state index contributed by atoms with van der Waals surface area (Å²) < 4.78 is 24.1. The fourth-order valence-corrected chi connectivity index (χ4v) is 2.73. The Balaban J connectivity index is 2.17. The molecule has 0 radical (unpaired) electrons. The van der Waals surface area contributed by atoms with Crippen molar-refractivity contribution < 1.29 is 13.5 Å². The van der Waals surface area contributed by atoms with Crippen LogP contribution in [0.4, 0.5) is 0 Å². The van der Waals surface area contributed by atoms with Gasteiger partial charge in [0.25, 0.3) is 0 Å². The molecule has 16 heavy (non-hydrogen) atoms. The average Bonchev–Trinajstić information content (AvgIpc) is 2.58. The SMILES string of the molecule is CS(=O)(=O)CCn1ccc2c1CCCC2O. The van der Waals surface area contributed by atoms with Crippen molar-refractivity contribution >= 4 is 9.84 Å². The first-order chi connectivity index (χ1) is 7.47. The number of nitrogens with zero attached hydrogens (tertiary/aromatic N) is 1. The van der Waals surface area contributed by atoms with Crippen LogP contribution in [0.5, 0.6) is 0 Å². The van der Waals surface area contributed by atoms with Crippen molar-refractivity contribution in [3.63, 3.8) is 0 Å². The summed E-state index contributed by atoms with van der Waals surface area (Å²) in [5, 5.41) is 9.77. The molecule has 1 unspecified atom stereocenters. The van der Waals surface area contributed by atoms with Crippen LogP contribution in [0, 0.1) is 0 Å². The summed E-state index contributed by atoms with van der Waals surface area (Å²) in [7, 11) is -2.92. The first-order valence-corrected chi connectivity index (χ1v) is 7.57. The zero-order chi connectivity index (χ0) is 11.8. The Morgan fingerprint density at radius 3 is 3.00 bits per heavy atom. The maximum Gasteiger partial charge on any atom is 0.149 e. The average molecular weight is 243 g/mol. The number of hydrogen-bond acceptors (Lipinski definition) is 3. The Morgan fingerprint density at radius 2 is 2.31 bits per heavy atom. The highest BCUT2D eigenvalue weighted by Gasteiger charge is 2.21. The van der Waals surface area contributed by atoms with Crippen molar-refractivity contribution in [3.8, 4) is 0 Å². The predicted octanol–water partition coefficient (Wildman–Crippen LogP) is 0.902. The Hall–Kier alpha value is -0.810. The van der Waals surface area contributed by atoms with Crippen molar-refractivity contribution in [2.75, 3.05) is 12.0 Å². The molecule has 1 aromatic rings. The third kappa shape index (κ3) is 2.47. The second-order valence-corrected chi connectivity index (χ2v) is 6.71. The molecule has 1 aromatic heterocycles. The molecular weight excluding hydrogens is 226 g/mol. The topological polar surface area (TPSA) is 59.3 Å². The number of fused-ring (bicyclic) bond motifs is 1. The largest absolute Gasteiger partial charge is 0.388 e. The van der Waals surface area contributed by atoms with Crippen molar-refractivity contribution in [2.24, 2.45) is 0 Å². The van der Waals surface area contributed by atoms with Gasteiger partial charge in [0.1, 0.15) is 9.84 Å². The minimum absolute atomic E-state index is 0.157. The molecule has 0 amide bonds. The number of aliphatic hydroxyl groups is 1. The Bertz CT molecular complexity index is 475. The van der Waals surface area contributed by atoms with Crippen LogP contribution in [0.25, 0.3) is 0 Å². The molecule has 0 aromatic carbocycles. The van der Waals surface area contributed by atoms with Gasteiger partial charge in [-0.3, -0.25) is 0 Å². The molecule has 4 nitrogen and oxygen atoms in total. The second kappa shape index (κ2) is 4.22. The van der Waals surface area contributed by atoms with E-state index in [0.29, 0.717) is 6.54 Å². The van der Waals surface area contributed by atoms with E-state index in [-0.39, 0.29) is 11.9 Å². The van der Waals surface area contributed by atoms with Crippen LogP contribution in [0.15, 0.2) is 12.3 Å². The van der Waals surface area contributed by atoms with Crippen LogP contribution in [0.1, 0.15) is 30.2 Å². The molecule has 0 fully saturated rings. The van der Waals surface area contributed by atoms with E-state index in [2.05, 4.69) is 0 Å². The quantitative estimate of drug-likeness (QED) is 0.858. The third-order valence-corrected chi connectivity index (χ3v) is 3.99. The van der Waals surface area contributed by atoms with Crippen LogP contribution in [-0.2, 0) is 22.8 Å². The van der Waals surface area contributed by atoms with Crippen LogP contribution in [0.2, 0.25) is 0 Å². The summed E-state index contributed by atoms with van der Waals surface area (Å²) in [4.78, 5) is 0. The molecule has 0 saturated carbocycles. The smallest absolute Gasteiger partial charge is 0.149 e. The number of aromatic nitrogens is 1. The van der Waals surface area contributed by atoms with Crippen molar-refractivity contribution in [1.82, 2.24) is 4.57 Å². The summed E-state index contributed by atoms with van der Waals surface area (Å²) >= 11 is 0. The van der Waals surface area contributed by atoms with Gasteiger partial charge in [0, 0.05) is 30.3 Å². The van der Waals surface area contributed by atoms with Crippen molar-refractivity contribution in [2.45, 2.75) is 31.9 Å². The third-order valence-electron chi connectivity index (χ3n) is 3.07. The standard InChI is InChI=1S/C11H17NO3S/c1-16(14,15)8-7-12-6-5-9-10(12)3-2-4-11(9)13/h5-6,11,13H,2-4,7-8H2,1H3. The highest BCUT2D eigenvalue weighted by atomic mass is 32.2. The van der Waals surface area contributed by atoms with E-state index >= 15 is 0 Å². The van der Waals surface area contributed by atoms with Gasteiger partial charge in [-0.1, -0.05) is 0 Å². The normalized spacial score (nSPS) is 20.8. The lowest BCUT2D eigenvalue weighted by molar-refractivity contribution is 0.155. The number of aliphatic hydroxyl groups excluding tert-OH is 1. The maximum atomic E-state index is 11.1.